The molecule has 0 amide bonds. The summed E-state index contributed by atoms with van der Waals surface area (Å²) in [6.45, 7) is 9.69. The van der Waals surface area contributed by atoms with Gasteiger partial charge in [0.25, 0.3) is 0 Å². The average molecular weight is 388 g/mol. The first-order valence-corrected chi connectivity index (χ1v) is 9.57. The number of rotatable bonds is 6. The highest BCUT2D eigenvalue weighted by Gasteiger charge is 2.13. The Labute approximate surface area is 170 Å². The van der Waals surface area contributed by atoms with Crippen molar-refractivity contribution in [1.82, 2.24) is 25.3 Å². The number of pyridine rings is 2. The van der Waals surface area contributed by atoms with E-state index < -0.39 is 0 Å². The average Bonchev–Trinajstić information content (AvgIpc) is 2.74. The van der Waals surface area contributed by atoms with E-state index in [4.69, 9.17) is 4.98 Å². The number of aromatic nitrogens is 4. The fourth-order valence-corrected chi connectivity index (χ4v) is 3.20. The standard InChI is InChI=1S/C21H24N8/c1-15(2)26-17-12-18(27-19(13-17)28-20-14-23-5-6-24-20)16-3-4-25-21(11-16)29-9-7-22-8-10-29/h3-6,11-14,22H,1,7-10H2,2H3,(H2,24,26,27,28). The van der Waals surface area contributed by atoms with Crippen LogP contribution in [0.3, 0.4) is 0 Å². The molecule has 29 heavy (non-hydrogen) atoms. The second kappa shape index (κ2) is 8.66. The van der Waals surface area contributed by atoms with E-state index in [1.165, 1.54) is 0 Å². The van der Waals surface area contributed by atoms with Gasteiger partial charge < -0.3 is 20.9 Å². The van der Waals surface area contributed by atoms with E-state index in [2.05, 4.69) is 48.4 Å². The smallest absolute Gasteiger partial charge is 0.150 e. The minimum atomic E-state index is 0.634. The Morgan fingerprint density at radius 2 is 1.93 bits per heavy atom. The normalized spacial score (nSPS) is 13.8. The van der Waals surface area contributed by atoms with Crippen LogP contribution >= 0.6 is 0 Å². The Balaban J connectivity index is 1.68. The van der Waals surface area contributed by atoms with Crippen LogP contribution in [0.5, 0.6) is 0 Å². The number of anilines is 4. The van der Waals surface area contributed by atoms with Crippen LogP contribution in [-0.2, 0) is 0 Å². The largest absolute Gasteiger partial charge is 0.360 e. The molecular formula is C21H24N8. The summed E-state index contributed by atoms with van der Waals surface area (Å²) in [4.78, 5) is 20.0. The van der Waals surface area contributed by atoms with Crippen LogP contribution in [0.1, 0.15) is 6.92 Å². The van der Waals surface area contributed by atoms with E-state index in [1.54, 1.807) is 18.6 Å². The van der Waals surface area contributed by atoms with Crippen LogP contribution in [0.2, 0.25) is 0 Å². The van der Waals surface area contributed by atoms with E-state index in [-0.39, 0.29) is 0 Å². The summed E-state index contributed by atoms with van der Waals surface area (Å²) in [5.74, 6) is 2.27. The summed E-state index contributed by atoms with van der Waals surface area (Å²) < 4.78 is 0. The highest BCUT2D eigenvalue weighted by molar-refractivity contribution is 5.71. The summed E-state index contributed by atoms with van der Waals surface area (Å²) in [6, 6.07) is 7.99. The van der Waals surface area contributed by atoms with E-state index in [0.29, 0.717) is 11.6 Å². The highest BCUT2D eigenvalue weighted by atomic mass is 15.2. The maximum atomic E-state index is 4.79. The van der Waals surface area contributed by atoms with Gasteiger partial charge in [-0.05, 0) is 25.1 Å². The van der Waals surface area contributed by atoms with Crippen LogP contribution in [-0.4, -0.2) is 46.1 Å². The van der Waals surface area contributed by atoms with Crippen molar-refractivity contribution in [1.29, 1.82) is 0 Å². The predicted molar refractivity (Wildman–Crippen MR) is 116 cm³/mol. The number of hydrogen-bond donors (Lipinski definition) is 3. The number of allylic oxidation sites excluding steroid dienone is 1. The van der Waals surface area contributed by atoms with Crippen molar-refractivity contribution in [2.45, 2.75) is 6.92 Å². The lowest BCUT2D eigenvalue weighted by molar-refractivity contribution is 0.585. The number of nitrogens with one attached hydrogen (secondary N) is 3. The predicted octanol–water partition coefficient (Wildman–Crippen LogP) is 3.03. The van der Waals surface area contributed by atoms with Crippen LogP contribution in [0.25, 0.3) is 11.3 Å². The van der Waals surface area contributed by atoms with Gasteiger partial charge in [0.1, 0.15) is 17.5 Å². The molecule has 0 atom stereocenters. The van der Waals surface area contributed by atoms with Gasteiger partial charge in [-0.1, -0.05) is 6.58 Å². The van der Waals surface area contributed by atoms with Crippen molar-refractivity contribution in [3.8, 4) is 11.3 Å². The molecule has 3 N–H and O–H groups in total. The van der Waals surface area contributed by atoms with Gasteiger partial charge in [0, 0.05) is 67.8 Å². The molecule has 8 heteroatoms. The molecule has 4 heterocycles. The van der Waals surface area contributed by atoms with Crippen molar-refractivity contribution in [2.75, 3.05) is 41.7 Å². The fraction of sp³-hybridized carbons (Fsp3) is 0.238. The molecule has 0 spiro atoms. The van der Waals surface area contributed by atoms with Gasteiger partial charge in [0.2, 0.25) is 0 Å². The molecule has 0 radical (unpaired) electrons. The molecule has 0 aromatic carbocycles. The quantitative estimate of drug-likeness (QED) is 0.594. The summed E-state index contributed by atoms with van der Waals surface area (Å²) in [5, 5.41) is 9.86. The SMILES string of the molecule is C=C(C)Nc1cc(Nc2cnccn2)nc(-c2ccnc(N3CCNCC3)c2)c1. The lowest BCUT2D eigenvalue weighted by atomic mass is 10.1. The van der Waals surface area contributed by atoms with Crippen molar-refractivity contribution >= 4 is 23.1 Å². The Hall–Kier alpha value is -3.52. The first kappa shape index (κ1) is 18.8. The van der Waals surface area contributed by atoms with Crippen molar-refractivity contribution in [3.63, 3.8) is 0 Å². The summed E-state index contributed by atoms with van der Waals surface area (Å²) in [6.07, 6.45) is 6.78. The van der Waals surface area contributed by atoms with Gasteiger partial charge in [-0.15, -0.1) is 0 Å². The third-order valence-corrected chi connectivity index (χ3v) is 4.48. The molecule has 148 valence electrons. The lowest BCUT2D eigenvalue weighted by Gasteiger charge is -2.28. The number of nitrogens with zero attached hydrogens (tertiary/aromatic N) is 5. The molecule has 8 nitrogen and oxygen atoms in total. The molecule has 1 saturated heterocycles. The van der Waals surface area contributed by atoms with Crippen LogP contribution < -0.4 is 20.9 Å². The first-order chi connectivity index (χ1) is 14.2. The Morgan fingerprint density at radius 1 is 1.07 bits per heavy atom. The summed E-state index contributed by atoms with van der Waals surface area (Å²) in [5.41, 5.74) is 3.58. The minimum absolute atomic E-state index is 0.634. The zero-order chi connectivity index (χ0) is 20.1. The minimum Gasteiger partial charge on any atom is -0.360 e. The third kappa shape index (κ3) is 4.85. The van der Waals surface area contributed by atoms with E-state index >= 15 is 0 Å². The van der Waals surface area contributed by atoms with Gasteiger partial charge >= 0.3 is 0 Å². The molecule has 3 aromatic rings. The molecule has 1 aliphatic rings. The molecule has 0 bridgehead atoms. The topological polar surface area (TPSA) is 90.9 Å². The maximum absolute atomic E-state index is 4.79. The Kier molecular flexibility index (Phi) is 5.62. The van der Waals surface area contributed by atoms with Crippen LogP contribution in [0.4, 0.5) is 23.1 Å². The Morgan fingerprint density at radius 3 is 2.69 bits per heavy atom. The summed E-state index contributed by atoms with van der Waals surface area (Å²) in [7, 11) is 0. The summed E-state index contributed by atoms with van der Waals surface area (Å²) >= 11 is 0. The van der Waals surface area contributed by atoms with Crippen molar-refractivity contribution in [2.24, 2.45) is 0 Å². The molecule has 3 aromatic heterocycles. The Bertz CT molecular complexity index is 983. The fourth-order valence-electron chi connectivity index (χ4n) is 3.20. The molecule has 1 aliphatic heterocycles. The van der Waals surface area contributed by atoms with Gasteiger partial charge in [-0.25, -0.2) is 15.0 Å². The number of hydrogen-bond acceptors (Lipinski definition) is 8. The van der Waals surface area contributed by atoms with Crippen LogP contribution in [0.15, 0.2) is 61.3 Å². The molecule has 0 saturated carbocycles. The molecular weight excluding hydrogens is 364 g/mol. The second-order valence-corrected chi connectivity index (χ2v) is 6.89. The highest BCUT2D eigenvalue weighted by Crippen LogP contribution is 2.27. The zero-order valence-electron chi connectivity index (χ0n) is 16.4. The second-order valence-electron chi connectivity index (χ2n) is 6.89. The van der Waals surface area contributed by atoms with Gasteiger partial charge in [-0.3, -0.25) is 4.98 Å². The van der Waals surface area contributed by atoms with E-state index in [0.717, 1.165) is 54.6 Å². The van der Waals surface area contributed by atoms with Crippen molar-refractivity contribution in [3.05, 3.63) is 61.3 Å². The lowest BCUT2D eigenvalue weighted by Crippen LogP contribution is -2.43. The molecule has 0 aliphatic carbocycles. The molecule has 4 rings (SSSR count). The van der Waals surface area contributed by atoms with E-state index in [1.807, 2.05) is 31.3 Å². The van der Waals surface area contributed by atoms with Crippen LogP contribution in [0, 0.1) is 0 Å². The monoisotopic (exact) mass is 388 g/mol. The van der Waals surface area contributed by atoms with Gasteiger partial charge in [-0.2, -0.15) is 0 Å². The first-order valence-electron chi connectivity index (χ1n) is 9.57. The van der Waals surface area contributed by atoms with Gasteiger partial charge in [0.15, 0.2) is 0 Å². The van der Waals surface area contributed by atoms with Gasteiger partial charge in [0.05, 0.1) is 11.9 Å². The van der Waals surface area contributed by atoms with E-state index in [9.17, 15) is 0 Å². The maximum Gasteiger partial charge on any atom is 0.150 e. The molecule has 0 unspecified atom stereocenters. The molecule has 1 fully saturated rings. The van der Waals surface area contributed by atoms with Crippen molar-refractivity contribution < 1.29 is 0 Å². The zero-order valence-corrected chi connectivity index (χ0v) is 16.4. The number of piperazine rings is 1. The third-order valence-electron chi connectivity index (χ3n) is 4.48.